The highest BCUT2D eigenvalue weighted by atomic mass is 35.5. The van der Waals surface area contributed by atoms with Crippen LogP contribution in [0, 0.1) is 0 Å². The molecule has 0 aliphatic rings. The first kappa shape index (κ1) is 42.3. The first-order valence-electron chi connectivity index (χ1n) is 27.0. The van der Waals surface area contributed by atoms with E-state index >= 15 is 0 Å². The fourth-order valence-electron chi connectivity index (χ4n) is 6.44. The van der Waals surface area contributed by atoms with E-state index in [0.29, 0.717) is 0 Å². The molecule has 23 heteroatoms. The zero-order valence-corrected chi connectivity index (χ0v) is 43.0. The maximum Gasteiger partial charge on any atom is 0.263 e. The molecule has 0 bridgehead atoms. The topological polar surface area (TPSA) is 262 Å². The Balaban J connectivity index is 0.000000247. The predicted molar refractivity (Wildman–Crippen MR) is 282 cm³/mol. The van der Waals surface area contributed by atoms with Gasteiger partial charge in [0.2, 0.25) is 23.1 Å². The summed E-state index contributed by atoms with van der Waals surface area (Å²) in [6.45, 7) is 4.81. The Labute approximate surface area is 453 Å². The summed E-state index contributed by atoms with van der Waals surface area (Å²) in [6, 6.07) is 26.7. The van der Waals surface area contributed by atoms with Crippen molar-refractivity contribution in [1.29, 1.82) is 0 Å². The van der Waals surface area contributed by atoms with Gasteiger partial charge >= 0.3 is 0 Å². The minimum Gasteiger partial charge on any atom is -0.493 e. The number of methoxy groups -OCH3 is 2. The fraction of sp³-hybridized carbons (Fsp3) is 0.231. The monoisotopic (exact) mass is 1090 g/mol. The van der Waals surface area contributed by atoms with E-state index in [4.69, 9.17) is 49.0 Å². The molecule has 0 saturated heterocycles. The number of sulfonamides is 2. The third-order valence-electron chi connectivity index (χ3n) is 10.2. The standard InChI is InChI=1S/C27H29N5O6S.C25H24ClN5O4S/c1-27(2,3)18-10-12-19(13-11-18)39(34,35)32-23-22(38-21-9-6-5-8-20(21)36-4)26(37-17-16-33)31-25(30-23)24-28-14-7-15-29-24;1-25(2,3)16-10-12-17(13-11-16)36(32,33)31-22-20(35-19-9-6-5-8-18(19)34-4)21(26)29-24(30-22)23-27-14-7-15-28-23/h5-15,33H,16-17H2,1-4H3,(H,30,31,32);5-15H,1-4H3,(H,29,30,31)/i4D3,16D2,17D2;4D3. The number of nitrogens with one attached hydrogen (secondary N) is 2. The van der Waals surface area contributed by atoms with E-state index in [1.807, 2.05) is 41.5 Å². The van der Waals surface area contributed by atoms with Gasteiger partial charge in [-0.25, -0.2) is 51.7 Å². The highest BCUT2D eigenvalue weighted by Gasteiger charge is 2.28. The number of para-hydroxylation sites is 4. The molecule has 8 aromatic rings. The number of hydrogen-bond donors (Lipinski definition) is 3. The van der Waals surface area contributed by atoms with Gasteiger partial charge in [-0.2, -0.15) is 4.98 Å². The number of nitrogens with zero attached hydrogens (tertiary/aromatic N) is 8. The Kier molecular flexibility index (Phi) is 13.2. The normalized spacial score (nSPS) is 14.3. The Hall–Kier alpha value is -8.05. The molecule has 4 aromatic carbocycles. The maximum atomic E-state index is 13.7. The molecule has 20 nitrogen and oxygen atoms in total. The molecule has 0 saturated carbocycles. The SMILES string of the molecule is [2H]C([2H])([2H])Oc1ccccc1Oc1c(Cl)nc(-c2ncccn2)nc1NS(=O)(=O)c1ccc(C(C)(C)C)cc1.[2H]C([2H])([2H])Oc1ccccc1Oc1c(NS(=O)(=O)c2ccc(C(C)(C)C)cc2)nc(-c2ncccn2)nc1OC([2H])([2H])C([2H])([2H])O. The summed E-state index contributed by atoms with van der Waals surface area (Å²) in [6.07, 6.45) is 5.58. The number of benzene rings is 4. The van der Waals surface area contributed by atoms with Crippen molar-refractivity contribution in [2.75, 3.05) is 36.6 Å². The summed E-state index contributed by atoms with van der Waals surface area (Å²) in [5.74, 6) is -4.33. The molecule has 0 aliphatic carbocycles. The van der Waals surface area contributed by atoms with E-state index in [-0.39, 0.29) is 77.8 Å². The van der Waals surface area contributed by atoms with Gasteiger partial charge in [0.25, 0.3) is 25.9 Å². The summed E-state index contributed by atoms with van der Waals surface area (Å²) in [7, 11) is -14.4. The van der Waals surface area contributed by atoms with E-state index in [1.165, 1.54) is 91.5 Å². The van der Waals surface area contributed by atoms with E-state index in [2.05, 4.69) is 49.3 Å². The smallest absolute Gasteiger partial charge is 0.263 e. The van der Waals surface area contributed by atoms with Crippen LogP contribution in [0.5, 0.6) is 40.4 Å². The van der Waals surface area contributed by atoms with Crippen molar-refractivity contribution in [3.8, 4) is 63.7 Å². The number of hydrogen-bond acceptors (Lipinski definition) is 18. The Bertz CT molecular complexity index is 3890. The summed E-state index contributed by atoms with van der Waals surface area (Å²) < 4.78 is 161. The lowest BCUT2D eigenvalue weighted by atomic mass is 9.87. The van der Waals surface area contributed by atoms with Gasteiger partial charge in [-0.3, -0.25) is 9.44 Å². The van der Waals surface area contributed by atoms with Crippen LogP contribution < -0.4 is 33.1 Å². The van der Waals surface area contributed by atoms with Gasteiger partial charge in [0.05, 0.1) is 44.1 Å². The van der Waals surface area contributed by atoms with Gasteiger partial charge in [0.15, 0.2) is 51.4 Å². The minimum absolute atomic E-state index is 0.0279. The van der Waals surface area contributed by atoms with E-state index in [1.54, 1.807) is 42.5 Å². The van der Waals surface area contributed by atoms with Crippen molar-refractivity contribution in [1.82, 2.24) is 39.9 Å². The average molecular weight is 1090 g/mol. The number of ether oxygens (including phenoxy) is 5. The second-order valence-electron chi connectivity index (χ2n) is 17.6. The molecule has 0 spiro atoms. The van der Waals surface area contributed by atoms with Crippen LogP contribution in [0.1, 0.15) is 66.4 Å². The van der Waals surface area contributed by atoms with Crippen molar-refractivity contribution >= 4 is 43.3 Å². The van der Waals surface area contributed by atoms with Crippen LogP contribution in [-0.2, 0) is 30.9 Å². The largest absolute Gasteiger partial charge is 0.493 e. The number of aromatic nitrogens is 8. The molecular formula is C52H53ClN10O10S2. The van der Waals surface area contributed by atoms with Gasteiger partial charge in [-0.15, -0.1) is 0 Å². The fourth-order valence-corrected chi connectivity index (χ4v) is 8.66. The highest BCUT2D eigenvalue weighted by Crippen LogP contribution is 2.43. The van der Waals surface area contributed by atoms with Crippen molar-refractivity contribution in [3.63, 3.8) is 0 Å². The van der Waals surface area contributed by atoms with Gasteiger partial charge < -0.3 is 28.8 Å². The van der Waals surface area contributed by atoms with Crippen LogP contribution in [-0.4, -0.2) is 89.0 Å². The lowest BCUT2D eigenvalue weighted by Gasteiger charge is -2.20. The third kappa shape index (κ3) is 13.8. The molecular weight excluding hydrogens is 1020 g/mol. The summed E-state index contributed by atoms with van der Waals surface area (Å²) >= 11 is 6.45. The Morgan fingerprint density at radius 1 is 0.547 bits per heavy atom. The maximum absolute atomic E-state index is 13.7. The van der Waals surface area contributed by atoms with E-state index < -0.39 is 70.5 Å². The van der Waals surface area contributed by atoms with Crippen molar-refractivity contribution in [2.24, 2.45) is 0 Å². The summed E-state index contributed by atoms with van der Waals surface area (Å²) in [5, 5.41) is 9.58. The lowest BCUT2D eigenvalue weighted by Crippen LogP contribution is -2.17. The first-order chi connectivity index (χ1) is 39.4. The second kappa shape index (κ2) is 23.4. The molecule has 0 aliphatic heterocycles. The predicted octanol–water partition coefficient (Wildman–Crippen LogP) is 9.69. The third-order valence-corrected chi connectivity index (χ3v) is 13.2. The van der Waals surface area contributed by atoms with Gasteiger partial charge in [-0.1, -0.05) is 102 Å². The van der Waals surface area contributed by atoms with Crippen molar-refractivity contribution < 1.29 is 59.3 Å². The molecule has 0 fully saturated rings. The molecule has 0 radical (unpaired) electrons. The number of aliphatic hydroxyl groups is 1. The van der Waals surface area contributed by atoms with Crippen LogP contribution in [0.4, 0.5) is 11.6 Å². The Morgan fingerprint density at radius 3 is 1.36 bits per heavy atom. The zero-order valence-electron chi connectivity index (χ0n) is 50.6. The van der Waals surface area contributed by atoms with E-state index in [0.717, 1.165) is 11.1 Å². The molecule has 75 heavy (non-hydrogen) atoms. The minimum atomic E-state index is -4.47. The van der Waals surface area contributed by atoms with Crippen LogP contribution in [0.2, 0.25) is 5.15 Å². The van der Waals surface area contributed by atoms with Crippen molar-refractivity contribution in [3.05, 3.63) is 150 Å². The van der Waals surface area contributed by atoms with Crippen molar-refractivity contribution in [2.45, 2.75) is 62.2 Å². The average Bonchev–Trinajstić information content (AvgIpc) is 2.36. The zero-order chi connectivity index (χ0) is 62.6. The van der Waals surface area contributed by atoms with Gasteiger partial charge in [0, 0.05) is 24.8 Å². The van der Waals surface area contributed by atoms with Crippen LogP contribution >= 0.6 is 11.6 Å². The lowest BCUT2D eigenvalue weighted by molar-refractivity contribution is 0.192. The molecule has 0 amide bonds. The molecule has 4 heterocycles. The number of rotatable bonds is 17. The highest BCUT2D eigenvalue weighted by molar-refractivity contribution is 7.93. The van der Waals surface area contributed by atoms with Gasteiger partial charge in [0.1, 0.15) is 6.56 Å². The quantitative estimate of drug-likeness (QED) is 0.0716. The summed E-state index contributed by atoms with van der Waals surface area (Å²) in [5.41, 5.74) is 1.35. The number of anilines is 2. The second-order valence-corrected chi connectivity index (χ2v) is 21.3. The Morgan fingerprint density at radius 2 is 0.947 bits per heavy atom. The van der Waals surface area contributed by atoms with Crippen LogP contribution in [0.3, 0.4) is 0 Å². The molecule has 8 rings (SSSR count). The summed E-state index contributed by atoms with van der Waals surface area (Å²) in [4.78, 5) is 32.7. The molecule has 0 unspecified atom stereocenters. The van der Waals surface area contributed by atoms with E-state index in [9.17, 15) is 21.9 Å². The molecule has 390 valence electrons. The molecule has 3 N–H and O–H groups in total. The molecule has 0 atom stereocenters. The van der Waals surface area contributed by atoms with Crippen LogP contribution in [0.15, 0.2) is 144 Å². The van der Waals surface area contributed by atoms with Crippen LogP contribution in [0.25, 0.3) is 23.3 Å². The molecule has 4 aromatic heterocycles. The van der Waals surface area contributed by atoms with Gasteiger partial charge in [-0.05, 0) is 82.6 Å². The first-order valence-corrected chi connectivity index (χ1v) is 25.4. The number of halogens is 1.